The normalized spacial score (nSPS) is 20.5. The van der Waals surface area contributed by atoms with Gasteiger partial charge in [-0.3, -0.25) is 14.7 Å². The molecular formula is C18H23N5O3. The van der Waals surface area contributed by atoms with Crippen LogP contribution in [0.4, 0.5) is 0 Å². The summed E-state index contributed by atoms with van der Waals surface area (Å²) in [6.07, 6.45) is 6.14. The first-order chi connectivity index (χ1) is 12.7. The zero-order valence-corrected chi connectivity index (χ0v) is 14.7. The molecule has 26 heavy (non-hydrogen) atoms. The Labute approximate surface area is 151 Å². The third-order valence-corrected chi connectivity index (χ3v) is 5.12. The third-order valence-electron chi connectivity index (χ3n) is 5.12. The monoisotopic (exact) mass is 357 g/mol. The topological polar surface area (TPSA) is 104 Å². The van der Waals surface area contributed by atoms with Gasteiger partial charge in [-0.1, -0.05) is 0 Å². The van der Waals surface area contributed by atoms with Crippen molar-refractivity contribution in [3.05, 3.63) is 45.4 Å². The number of aryl methyl sites for hydroxylation is 1. The van der Waals surface area contributed by atoms with Crippen LogP contribution < -0.4 is 5.56 Å². The first-order valence-electron chi connectivity index (χ1n) is 9.17. The highest BCUT2D eigenvalue weighted by molar-refractivity contribution is 5.94. The van der Waals surface area contributed by atoms with Crippen molar-refractivity contribution in [1.82, 2.24) is 25.1 Å². The average Bonchev–Trinajstić information content (AvgIpc) is 2.94. The summed E-state index contributed by atoms with van der Waals surface area (Å²) in [5.41, 5.74) is 3.30. The maximum atomic E-state index is 13.1. The van der Waals surface area contributed by atoms with E-state index in [2.05, 4.69) is 20.2 Å². The molecule has 1 fully saturated rings. The van der Waals surface area contributed by atoms with Crippen LogP contribution in [-0.2, 0) is 24.0 Å². The van der Waals surface area contributed by atoms with Gasteiger partial charge in [0.1, 0.15) is 0 Å². The number of nitrogens with one attached hydrogen (secondary N) is 2. The SMILES string of the molecule is O=C(c1n[nH]c2c1CCCC2)N1CCOC[C@H](Cc2cc(=O)[nH]cn2)C1. The lowest BCUT2D eigenvalue weighted by Gasteiger charge is -2.23. The molecule has 0 unspecified atom stereocenters. The molecule has 138 valence electrons. The molecule has 1 aliphatic heterocycles. The van der Waals surface area contributed by atoms with E-state index in [1.165, 1.54) is 12.4 Å². The van der Waals surface area contributed by atoms with Gasteiger partial charge in [0.25, 0.3) is 11.5 Å². The molecule has 1 atom stereocenters. The summed E-state index contributed by atoms with van der Waals surface area (Å²) < 4.78 is 5.68. The second kappa shape index (κ2) is 7.41. The lowest BCUT2D eigenvalue weighted by molar-refractivity contribution is 0.0730. The Morgan fingerprint density at radius 1 is 1.35 bits per heavy atom. The standard InChI is InChI=1S/C18H23N5O3/c24-16-8-13(19-11-20-16)7-12-9-23(5-6-26-10-12)18(25)17-14-3-1-2-4-15(14)21-22-17/h8,11-12H,1-7,9-10H2,(H,21,22)(H,19,20,24)/t12-/m1/s1. The van der Waals surface area contributed by atoms with Gasteiger partial charge in [-0.15, -0.1) is 0 Å². The van der Waals surface area contributed by atoms with Gasteiger partial charge in [-0.25, -0.2) is 4.98 Å². The van der Waals surface area contributed by atoms with E-state index in [0.717, 1.165) is 36.9 Å². The second-order valence-electron chi connectivity index (χ2n) is 7.04. The number of H-pyrrole nitrogens is 2. The van der Waals surface area contributed by atoms with Crippen molar-refractivity contribution in [2.45, 2.75) is 32.1 Å². The van der Waals surface area contributed by atoms with Gasteiger partial charge in [0.05, 0.1) is 19.5 Å². The van der Waals surface area contributed by atoms with Crippen LogP contribution in [-0.4, -0.2) is 57.3 Å². The Balaban J connectivity index is 1.49. The molecule has 1 aliphatic carbocycles. The smallest absolute Gasteiger partial charge is 0.274 e. The van der Waals surface area contributed by atoms with E-state index in [-0.39, 0.29) is 17.4 Å². The van der Waals surface area contributed by atoms with E-state index < -0.39 is 0 Å². The first kappa shape index (κ1) is 17.0. The van der Waals surface area contributed by atoms with Crippen molar-refractivity contribution in [3.63, 3.8) is 0 Å². The Morgan fingerprint density at radius 3 is 3.12 bits per heavy atom. The zero-order chi connectivity index (χ0) is 17.9. The van der Waals surface area contributed by atoms with Gasteiger partial charge < -0.3 is 14.6 Å². The Hall–Kier alpha value is -2.48. The summed E-state index contributed by atoms with van der Waals surface area (Å²) in [5.74, 6) is 0.0734. The van der Waals surface area contributed by atoms with Crippen LogP contribution in [0.2, 0.25) is 0 Å². The highest BCUT2D eigenvalue weighted by Gasteiger charge is 2.28. The third kappa shape index (κ3) is 3.55. The number of amides is 1. The molecule has 8 heteroatoms. The maximum Gasteiger partial charge on any atom is 0.274 e. The predicted molar refractivity (Wildman–Crippen MR) is 94.0 cm³/mol. The summed E-state index contributed by atoms with van der Waals surface area (Å²) in [7, 11) is 0. The molecule has 1 amide bonds. The number of hydrogen-bond acceptors (Lipinski definition) is 5. The molecule has 0 radical (unpaired) electrons. The van der Waals surface area contributed by atoms with E-state index in [1.54, 1.807) is 0 Å². The van der Waals surface area contributed by atoms with Crippen LogP contribution in [0.5, 0.6) is 0 Å². The van der Waals surface area contributed by atoms with Crippen LogP contribution in [0.25, 0.3) is 0 Å². The van der Waals surface area contributed by atoms with Gasteiger partial charge >= 0.3 is 0 Å². The summed E-state index contributed by atoms with van der Waals surface area (Å²) in [6.45, 7) is 2.20. The van der Waals surface area contributed by atoms with Crippen LogP contribution in [0, 0.1) is 5.92 Å². The van der Waals surface area contributed by atoms with E-state index >= 15 is 0 Å². The zero-order valence-electron chi connectivity index (χ0n) is 14.7. The second-order valence-corrected chi connectivity index (χ2v) is 7.04. The molecule has 0 aromatic carbocycles. The molecule has 2 aromatic rings. The fourth-order valence-electron chi connectivity index (χ4n) is 3.81. The fourth-order valence-corrected chi connectivity index (χ4v) is 3.81. The minimum atomic E-state index is -0.166. The van der Waals surface area contributed by atoms with Gasteiger partial charge in [0, 0.05) is 42.0 Å². The van der Waals surface area contributed by atoms with Crippen LogP contribution in [0.3, 0.4) is 0 Å². The fraction of sp³-hybridized carbons (Fsp3) is 0.556. The van der Waals surface area contributed by atoms with E-state index in [0.29, 0.717) is 44.1 Å². The Bertz CT molecular complexity index is 843. The van der Waals surface area contributed by atoms with Crippen molar-refractivity contribution in [2.24, 2.45) is 5.92 Å². The summed E-state index contributed by atoms with van der Waals surface area (Å²) in [4.78, 5) is 33.1. The molecule has 2 aromatic heterocycles. The van der Waals surface area contributed by atoms with E-state index in [4.69, 9.17) is 4.74 Å². The number of aromatic amines is 2. The molecule has 2 aliphatic rings. The number of hydrogen-bond donors (Lipinski definition) is 2. The molecule has 0 saturated carbocycles. The van der Waals surface area contributed by atoms with Gasteiger partial charge in [-0.2, -0.15) is 5.10 Å². The number of aromatic nitrogens is 4. The average molecular weight is 357 g/mol. The molecule has 3 heterocycles. The summed E-state index contributed by atoms with van der Waals surface area (Å²) >= 11 is 0. The van der Waals surface area contributed by atoms with Gasteiger partial charge in [0.2, 0.25) is 0 Å². The Morgan fingerprint density at radius 2 is 2.23 bits per heavy atom. The quantitative estimate of drug-likeness (QED) is 0.842. The number of fused-ring (bicyclic) bond motifs is 1. The minimum absolute atomic E-state index is 0.0289. The van der Waals surface area contributed by atoms with Crippen LogP contribution >= 0.6 is 0 Å². The van der Waals surface area contributed by atoms with E-state index in [9.17, 15) is 9.59 Å². The number of carbonyl (C=O) groups excluding carboxylic acids is 1. The molecule has 0 spiro atoms. The highest BCUT2D eigenvalue weighted by Crippen LogP contribution is 2.24. The molecule has 0 bridgehead atoms. The van der Waals surface area contributed by atoms with Gasteiger partial charge in [-0.05, 0) is 32.1 Å². The maximum absolute atomic E-state index is 13.1. The van der Waals surface area contributed by atoms with Crippen LogP contribution in [0.15, 0.2) is 17.2 Å². The number of ether oxygens (including phenoxy) is 1. The lowest BCUT2D eigenvalue weighted by atomic mass is 9.95. The van der Waals surface area contributed by atoms with Crippen LogP contribution in [0.1, 0.15) is 40.3 Å². The number of nitrogens with zero attached hydrogens (tertiary/aromatic N) is 3. The predicted octanol–water partition coefficient (Wildman–Crippen LogP) is 0.703. The number of rotatable bonds is 3. The van der Waals surface area contributed by atoms with Crippen molar-refractivity contribution >= 4 is 5.91 Å². The molecule has 2 N–H and O–H groups in total. The first-order valence-corrected chi connectivity index (χ1v) is 9.17. The minimum Gasteiger partial charge on any atom is -0.379 e. The van der Waals surface area contributed by atoms with Crippen molar-refractivity contribution in [1.29, 1.82) is 0 Å². The summed E-state index contributed by atoms with van der Waals surface area (Å²) in [5, 5.41) is 7.35. The highest BCUT2D eigenvalue weighted by atomic mass is 16.5. The lowest BCUT2D eigenvalue weighted by Crippen LogP contribution is -2.37. The Kier molecular flexibility index (Phi) is 4.83. The molecule has 4 rings (SSSR count). The van der Waals surface area contributed by atoms with Crippen molar-refractivity contribution < 1.29 is 9.53 Å². The van der Waals surface area contributed by atoms with E-state index in [1.807, 2.05) is 4.90 Å². The number of carbonyl (C=O) groups is 1. The molecular weight excluding hydrogens is 334 g/mol. The molecule has 1 saturated heterocycles. The largest absolute Gasteiger partial charge is 0.379 e. The van der Waals surface area contributed by atoms with Crippen molar-refractivity contribution in [2.75, 3.05) is 26.3 Å². The molecule has 8 nitrogen and oxygen atoms in total. The summed E-state index contributed by atoms with van der Waals surface area (Å²) in [6, 6.07) is 1.50. The van der Waals surface area contributed by atoms with Gasteiger partial charge in [0.15, 0.2) is 5.69 Å². The van der Waals surface area contributed by atoms with Crippen molar-refractivity contribution in [3.8, 4) is 0 Å².